The average molecular weight is 220 g/mol. The summed E-state index contributed by atoms with van der Waals surface area (Å²) in [5, 5.41) is 15.7. The van der Waals surface area contributed by atoms with Gasteiger partial charge in [-0.3, -0.25) is 0 Å². The van der Waals surface area contributed by atoms with Crippen molar-refractivity contribution in [3.8, 4) is 0 Å². The van der Waals surface area contributed by atoms with Crippen molar-refractivity contribution < 1.29 is 9.90 Å². The lowest BCUT2D eigenvalue weighted by atomic mass is 10.1. The Kier molecular flexibility index (Phi) is 4.02. The average Bonchev–Trinajstić information content (AvgIpc) is 2.25. The van der Waals surface area contributed by atoms with Crippen molar-refractivity contribution in [2.75, 3.05) is 0 Å². The number of hydrogen-bond donors (Lipinski definition) is 3. The van der Waals surface area contributed by atoms with Crippen LogP contribution in [0.4, 0.5) is 0 Å². The number of benzene rings is 1. The molecule has 0 fully saturated rings. The smallest absolute Gasteiger partial charge is 0.352 e. The monoisotopic (exact) mass is 220 g/mol. The van der Waals surface area contributed by atoms with E-state index < -0.39 is 5.97 Å². The van der Waals surface area contributed by atoms with E-state index in [1.54, 1.807) is 12.1 Å². The maximum atomic E-state index is 10.8. The van der Waals surface area contributed by atoms with Crippen LogP contribution in [0, 0.1) is 0 Å². The molecule has 0 aliphatic carbocycles. The molecule has 0 heterocycles. The van der Waals surface area contributed by atoms with Crippen LogP contribution in [-0.4, -0.2) is 22.7 Å². The molecule has 6 heteroatoms. The Hall–Kier alpha value is -2.37. The standard InChI is InChI=1S/C10H12N4O2/c11-10(12)14-13-8(9(15)16)6-7-4-2-1-3-5-7/h1-5H,6H2,(H,15,16)(H4,11,12,14). The molecule has 84 valence electrons. The van der Waals surface area contributed by atoms with Crippen LogP contribution in [0.5, 0.6) is 0 Å². The third-order valence-corrected chi connectivity index (χ3v) is 1.75. The molecule has 1 aromatic carbocycles. The lowest BCUT2D eigenvalue weighted by Gasteiger charge is -1.99. The highest BCUT2D eigenvalue weighted by molar-refractivity contribution is 6.36. The van der Waals surface area contributed by atoms with Crippen molar-refractivity contribution in [2.24, 2.45) is 21.7 Å². The lowest BCUT2D eigenvalue weighted by Crippen LogP contribution is -2.23. The van der Waals surface area contributed by atoms with Crippen LogP contribution in [0.1, 0.15) is 5.56 Å². The van der Waals surface area contributed by atoms with Crippen molar-refractivity contribution in [3.05, 3.63) is 35.9 Å². The molecule has 16 heavy (non-hydrogen) atoms. The van der Waals surface area contributed by atoms with Crippen LogP contribution in [0.15, 0.2) is 40.5 Å². The summed E-state index contributed by atoms with van der Waals surface area (Å²) >= 11 is 0. The molecule has 1 rings (SSSR count). The summed E-state index contributed by atoms with van der Waals surface area (Å²) in [7, 11) is 0. The molecule has 0 aliphatic rings. The van der Waals surface area contributed by atoms with Crippen LogP contribution in [0.3, 0.4) is 0 Å². The van der Waals surface area contributed by atoms with Crippen molar-refractivity contribution in [3.63, 3.8) is 0 Å². The quantitative estimate of drug-likeness (QED) is 0.374. The molecule has 0 atom stereocenters. The van der Waals surface area contributed by atoms with Gasteiger partial charge in [0, 0.05) is 6.42 Å². The number of rotatable bonds is 4. The van der Waals surface area contributed by atoms with E-state index in [1.165, 1.54) is 0 Å². The Labute approximate surface area is 92.3 Å². The van der Waals surface area contributed by atoms with Crippen LogP contribution < -0.4 is 11.5 Å². The van der Waals surface area contributed by atoms with Crippen molar-refractivity contribution in [1.29, 1.82) is 0 Å². The van der Waals surface area contributed by atoms with E-state index >= 15 is 0 Å². The number of aliphatic carboxylic acids is 1. The van der Waals surface area contributed by atoms with Gasteiger partial charge in [0.2, 0.25) is 5.96 Å². The lowest BCUT2D eigenvalue weighted by molar-refractivity contribution is -0.129. The van der Waals surface area contributed by atoms with E-state index in [4.69, 9.17) is 16.6 Å². The van der Waals surface area contributed by atoms with Crippen LogP contribution in [-0.2, 0) is 11.2 Å². The molecular formula is C10H12N4O2. The van der Waals surface area contributed by atoms with E-state index in [0.717, 1.165) is 5.56 Å². The second-order valence-electron chi connectivity index (χ2n) is 3.04. The summed E-state index contributed by atoms with van der Waals surface area (Å²) in [5.41, 5.74) is 10.8. The number of carbonyl (C=O) groups is 1. The SMILES string of the molecule is NC(N)=NN=C(Cc1ccccc1)C(=O)O. The van der Waals surface area contributed by atoms with Gasteiger partial charge in [-0.05, 0) is 5.56 Å². The summed E-state index contributed by atoms with van der Waals surface area (Å²) in [4.78, 5) is 10.8. The summed E-state index contributed by atoms with van der Waals surface area (Å²) < 4.78 is 0. The van der Waals surface area contributed by atoms with Gasteiger partial charge >= 0.3 is 5.97 Å². The van der Waals surface area contributed by atoms with Gasteiger partial charge in [-0.1, -0.05) is 30.3 Å². The van der Waals surface area contributed by atoms with Gasteiger partial charge in [0.25, 0.3) is 0 Å². The zero-order valence-corrected chi connectivity index (χ0v) is 8.50. The Morgan fingerprint density at radius 3 is 2.31 bits per heavy atom. The maximum Gasteiger partial charge on any atom is 0.352 e. The number of nitrogens with zero attached hydrogens (tertiary/aromatic N) is 2. The fraction of sp³-hybridized carbons (Fsp3) is 0.100. The van der Waals surface area contributed by atoms with Gasteiger partial charge in [0.1, 0.15) is 0 Å². The van der Waals surface area contributed by atoms with Gasteiger partial charge in [0.05, 0.1) is 0 Å². The third kappa shape index (κ3) is 3.79. The van der Waals surface area contributed by atoms with Gasteiger partial charge in [-0.2, -0.15) is 0 Å². The minimum atomic E-state index is -1.14. The normalized spacial score (nSPS) is 10.9. The van der Waals surface area contributed by atoms with Crippen molar-refractivity contribution >= 4 is 17.6 Å². The number of hydrogen-bond acceptors (Lipinski definition) is 3. The summed E-state index contributed by atoms with van der Waals surface area (Å²) in [5.74, 6) is -1.42. The second kappa shape index (κ2) is 5.50. The van der Waals surface area contributed by atoms with E-state index in [9.17, 15) is 4.79 Å². The van der Waals surface area contributed by atoms with Gasteiger partial charge in [0.15, 0.2) is 5.71 Å². The Morgan fingerprint density at radius 1 is 1.19 bits per heavy atom. The highest BCUT2D eigenvalue weighted by Gasteiger charge is 2.10. The highest BCUT2D eigenvalue weighted by atomic mass is 16.4. The largest absolute Gasteiger partial charge is 0.477 e. The molecule has 0 spiro atoms. The van der Waals surface area contributed by atoms with Gasteiger partial charge in [-0.15, -0.1) is 10.2 Å². The van der Waals surface area contributed by atoms with E-state index in [1.807, 2.05) is 18.2 Å². The Bertz CT molecular complexity index is 422. The first-order valence-electron chi connectivity index (χ1n) is 4.52. The molecule has 0 aromatic heterocycles. The van der Waals surface area contributed by atoms with Crippen LogP contribution >= 0.6 is 0 Å². The zero-order chi connectivity index (χ0) is 12.0. The molecule has 0 radical (unpaired) electrons. The van der Waals surface area contributed by atoms with E-state index in [2.05, 4.69) is 10.2 Å². The zero-order valence-electron chi connectivity index (χ0n) is 8.50. The highest BCUT2D eigenvalue weighted by Crippen LogP contribution is 2.01. The molecular weight excluding hydrogens is 208 g/mol. The maximum absolute atomic E-state index is 10.8. The molecule has 0 saturated heterocycles. The summed E-state index contributed by atoms with van der Waals surface area (Å²) in [6, 6.07) is 9.07. The second-order valence-corrected chi connectivity index (χ2v) is 3.04. The van der Waals surface area contributed by atoms with Gasteiger partial charge in [-0.25, -0.2) is 4.79 Å². The van der Waals surface area contributed by atoms with Crippen molar-refractivity contribution in [1.82, 2.24) is 0 Å². The predicted molar refractivity (Wildman–Crippen MR) is 61.0 cm³/mol. The van der Waals surface area contributed by atoms with Crippen LogP contribution in [0.25, 0.3) is 0 Å². The number of carboxylic acids is 1. The Balaban J connectivity index is 2.85. The predicted octanol–water partition coefficient (Wildman–Crippen LogP) is -0.0569. The molecule has 6 nitrogen and oxygen atoms in total. The summed E-state index contributed by atoms with van der Waals surface area (Å²) in [6.07, 6.45) is 0.174. The molecule has 5 N–H and O–H groups in total. The molecule has 0 amide bonds. The first-order chi connectivity index (χ1) is 7.59. The Morgan fingerprint density at radius 2 is 1.81 bits per heavy atom. The molecule has 0 saturated carbocycles. The summed E-state index contributed by atoms with van der Waals surface area (Å²) in [6.45, 7) is 0. The van der Waals surface area contributed by atoms with Crippen molar-refractivity contribution in [2.45, 2.75) is 6.42 Å². The fourth-order valence-electron chi connectivity index (χ4n) is 1.06. The first kappa shape index (κ1) is 11.7. The fourth-order valence-corrected chi connectivity index (χ4v) is 1.06. The minimum absolute atomic E-state index is 0.111. The number of nitrogens with two attached hydrogens (primary N) is 2. The molecule has 1 aromatic rings. The number of guanidine groups is 1. The van der Waals surface area contributed by atoms with E-state index in [-0.39, 0.29) is 18.1 Å². The first-order valence-corrected chi connectivity index (χ1v) is 4.52. The molecule has 0 bridgehead atoms. The number of carboxylic acid groups (broad SMARTS) is 1. The van der Waals surface area contributed by atoms with Gasteiger partial charge < -0.3 is 16.6 Å². The minimum Gasteiger partial charge on any atom is -0.477 e. The molecule has 0 aliphatic heterocycles. The molecule has 0 unspecified atom stereocenters. The van der Waals surface area contributed by atoms with E-state index in [0.29, 0.717) is 0 Å². The topological polar surface area (TPSA) is 114 Å². The third-order valence-electron chi connectivity index (χ3n) is 1.75. The van der Waals surface area contributed by atoms with Crippen LogP contribution in [0.2, 0.25) is 0 Å².